The zero-order valence-electron chi connectivity index (χ0n) is 7.53. The van der Waals surface area contributed by atoms with E-state index in [-0.39, 0.29) is 6.10 Å². The van der Waals surface area contributed by atoms with Gasteiger partial charge in [-0.2, -0.15) is 5.26 Å². The molecule has 0 radical (unpaired) electrons. The molecule has 14 heavy (non-hydrogen) atoms. The number of rotatable bonds is 1. The molecule has 1 aromatic heterocycles. The average molecular weight is 253 g/mol. The van der Waals surface area contributed by atoms with E-state index in [0.29, 0.717) is 5.69 Å². The van der Waals surface area contributed by atoms with Gasteiger partial charge in [0, 0.05) is 6.61 Å². The van der Waals surface area contributed by atoms with Crippen LogP contribution < -0.4 is 0 Å². The molecule has 1 aliphatic heterocycles. The minimum atomic E-state index is 0.0789. The van der Waals surface area contributed by atoms with Gasteiger partial charge in [-0.3, -0.25) is 0 Å². The molecule has 2 rings (SSSR count). The van der Waals surface area contributed by atoms with E-state index in [1.807, 2.05) is 18.2 Å². The van der Waals surface area contributed by atoms with Crippen molar-refractivity contribution < 1.29 is 4.74 Å². The van der Waals surface area contributed by atoms with Crippen molar-refractivity contribution in [2.75, 3.05) is 6.61 Å². The van der Waals surface area contributed by atoms with Gasteiger partial charge in [0.05, 0.1) is 16.3 Å². The first kappa shape index (κ1) is 9.63. The second-order valence-corrected chi connectivity index (χ2v) is 4.03. The van der Waals surface area contributed by atoms with E-state index in [1.54, 1.807) is 0 Å². The maximum Gasteiger partial charge on any atom is 0.155 e. The molecule has 2 heterocycles. The van der Waals surface area contributed by atoms with Crippen LogP contribution in [0.4, 0.5) is 0 Å². The minimum absolute atomic E-state index is 0.0789. The summed E-state index contributed by atoms with van der Waals surface area (Å²) in [5, 5.41) is 8.80. The molecular formula is C10H9BrN2O. The van der Waals surface area contributed by atoms with Gasteiger partial charge in [-0.1, -0.05) is 0 Å². The van der Waals surface area contributed by atoms with Gasteiger partial charge < -0.3 is 4.74 Å². The number of aromatic nitrogens is 1. The molecule has 72 valence electrons. The summed E-state index contributed by atoms with van der Waals surface area (Å²) in [6.45, 7) is 0.796. The molecular weight excluding hydrogens is 244 g/mol. The second kappa shape index (κ2) is 4.07. The van der Waals surface area contributed by atoms with Crippen molar-refractivity contribution in [2.45, 2.75) is 18.9 Å². The minimum Gasteiger partial charge on any atom is -0.372 e. The summed E-state index contributed by atoms with van der Waals surface area (Å²) in [6.07, 6.45) is 2.15. The topological polar surface area (TPSA) is 45.9 Å². The van der Waals surface area contributed by atoms with Crippen LogP contribution in [0.15, 0.2) is 16.6 Å². The zero-order chi connectivity index (χ0) is 9.97. The van der Waals surface area contributed by atoms with Gasteiger partial charge in [0.15, 0.2) is 5.69 Å². The molecule has 1 aliphatic rings. The van der Waals surface area contributed by atoms with Crippen molar-refractivity contribution in [1.82, 2.24) is 4.98 Å². The summed E-state index contributed by atoms with van der Waals surface area (Å²) < 4.78 is 6.23. The number of nitriles is 1. The molecule has 0 aliphatic carbocycles. The van der Waals surface area contributed by atoms with Gasteiger partial charge in [-0.05, 0) is 40.9 Å². The van der Waals surface area contributed by atoms with Crippen LogP contribution in [0.5, 0.6) is 0 Å². The van der Waals surface area contributed by atoms with Gasteiger partial charge in [0.1, 0.15) is 6.07 Å². The Labute approximate surface area is 90.8 Å². The first-order valence-corrected chi connectivity index (χ1v) is 5.28. The number of pyridine rings is 1. The summed E-state index contributed by atoms with van der Waals surface area (Å²) in [7, 11) is 0. The van der Waals surface area contributed by atoms with E-state index in [1.165, 1.54) is 0 Å². The van der Waals surface area contributed by atoms with Crippen LogP contribution in [0.2, 0.25) is 0 Å². The molecule has 1 atom stereocenters. The Morgan fingerprint density at radius 2 is 2.43 bits per heavy atom. The standard InChI is InChI=1S/C10H9BrN2O/c11-7-3-4-8(13-9(7)6-12)10-2-1-5-14-10/h3-4,10H,1-2,5H2. The van der Waals surface area contributed by atoms with E-state index in [9.17, 15) is 0 Å². The van der Waals surface area contributed by atoms with Gasteiger partial charge >= 0.3 is 0 Å². The summed E-state index contributed by atoms with van der Waals surface area (Å²) in [5.41, 5.74) is 1.29. The normalized spacial score (nSPS) is 20.7. The SMILES string of the molecule is N#Cc1nc(C2CCCO2)ccc1Br. The number of halogens is 1. The maximum atomic E-state index is 8.80. The number of nitrogens with zero attached hydrogens (tertiary/aromatic N) is 2. The third kappa shape index (κ3) is 1.79. The molecule has 0 aromatic carbocycles. The quantitative estimate of drug-likeness (QED) is 0.772. The van der Waals surface area contributed by atoms with Crippen LogP contribution in [-0.4, -0.2) is 11.6 Å². The van der Waals surface area contributed by atoms with Gasteiger partial charge in [-0.25, -0.2) is 4.98 Å². The van der Waals surface area contributed by atoms with Crippen LogP contribution >= 0.6 is 15.9 Å². The number of ether oxygens (including phenoxy) is 1. The highest BCUT2D eigenvalue weighted by Gasteiger charge is 2.19. The highest BCUT2D eigenvalue weighted by Crippen LogP contribution is 2.28. The highest BCUT2D eigenvalue weighted by atomic mass is 79.9. The summed E-state index contributed by atoms with van der Waals surface area (Å²) >= 11 is 3.27. The van der Waals surface area contributed by atoms with Crippen LogP contribution in [-0.2, 0) is 4.74 Å². The molecule has 1 fully saturated rings. The summed E-state index contributed by atoms with van der Waals surface area (Å²) in [5.74, 6) is 0. The van der Waals surface area contributed by atoms with E-state index < -0.39 is 0 Å². The molecule has 0 bridgehead atoms. The lowest BCUT2D eigenvalue weighted by molar-refractivity contribution is 0.108. The van der Waals surface area contributed by atoms with Crippen molar-refractivity contribution in [3.63, 3.8) is 0 Å². The Balaban J connectivity index is 2.31. The fourth-order valence-corrected chi connectivity index (χ4v) is 1.84. The average Bonchev–Trinajstić information content (AvgIpc) is 2.71. The smallest absolute Gasteiger partial charge is 0.155 e. The van der Waals surface area contributed by atoms with E-state index >= 15 is 0 Å². The van der Waals surface area contributed by atoms with Gasteiger partial charge in [-0.15, -0.1) is 0 Å². The highest BCUT2D eigenvalue weighted by molar-refractivity contribution is 9.10. The molecule has 4 heteroatoms. The Kier molecular flexibility index (Phi) is 2.80. The van der Waals surface area contributed by atoms with Crippen LogP contribution in [0.25, 0.3) is 0 Å². The van der Waals surface area contributed by atoms with Crippen LogP contribution in [0.1, 0.15) is 30.3 Å². The lowest BCUT2D eigenvalue weighted by Gasteiger charge is -2.08. The van der Waals surface area contributed by atoms with E-state index in [4.69, 9.17) is 10.00 Å². The fraction of sp³-hybridized carbons (Fsp3) is 0.400. The third-order valence-electron chi connectivity index (χ3n) is 2.23. The van der Waals surface area contributed by atoms with Crippen molar-refractivity contribution in [2.24, 2.45) is 0 Å². The number of hydrogen-bond donors (Lipinski definition) is 0. The van der Waals surface area contributed by atoms with E-state index in [0.717, 1.165) is 29.6 Å². The Bertz CT molecular complexity index is 380. The molecule has 1 aromatic rings. The maximum absolute atomic E-state index is 8.80. The summed E-state index contributed by atoms with van der Waals surface area (Å²) in [4.78, 5) is 4.24. The van der Waals surface area contributed by atoms with Crippen molar-refractivity contribution in [1.29, 1.82) is 5.26 Å². The molecule has 0 saturated carbocycles. The van der Waals surface area contributed by atoms with Gasteiger partial charge in [0.25, 0.3) is 0 Å². The largest absolute Gasteiger partial charge is 0.372 e. The molecule has 0 amide bonds. The monoisotopic (exact) mass is 252 g/mol. The van der Waals surface area contributed by atoms with Crippen molar-refractivity contribution >= 4 is 15.9 Å². The lowest BCUT2D eigenvalue weighted by Crippen LogP contribution is -2.00. The molecule has 0 spiro atoms. The van der Waals surface area contributed by atoms with Crippen LogP contribution in [0.3, 0.4) is 0 Å². The zero-order valence-corrected chi connectivity index (χ0v) is 9.12. The molecule has 1 unspecified atom stereocenters. The Morgan fingerprint density at radius 1 is 1.57 bits per heavy atom. The van der Waals surface area contributed by atoms with Crippen LogP contribution in [0, 0.1) is 11.3 Å². The third-order valence-corrected chi connectivity index (χ3v) is 2.87. The first-order valence-electron chi connectivity index (χ1n) is 4.49. The lowest BCUT2D eigenvalue weighted by atomic mass is 10.1. The molecule has 0 N–H and O–H groups in total. The van der Waals surface area contributed by atoms with E-state index in [2.05, 4.69) is 20.9 Å². The fourth-order valence-electron chi connectivity index (χ4n) is 1.53. The molecule has 1 saturated heterocycles. The predicted molar refractivity (Wildman–Crippen MR) is 54.6 cm³/mol. The molecule has 3 nitrogen and oxygen atoms in total. The number of hydrogen-bond acceptors (Lipinski definition) is 3. The summed E-state index contributed by atoms with van der Waals surface area (Å²) in [6, 6.07) is 5.80. The first-order chi connectivity index (χ1) is 6.81. The predicted octanol–water partition coefficient (Wildman–Crippen LogP) is 2.57. The Hall–Kier alpha value is -0.920. The van der Waals surface area contributed by atoms with Crippen molar-refractivity contribution in [3.8, 4) is 6.07 Å². The van der Waals surface area contributed by atoms with Gasteiger partial charge in [0.2, 0.25) is 0 Å². The second-order valence-electron chi connectivity index (χ2n) is 3.18. The Morgan fingerprint density at radius 3 is 3.07 bits per heavy atom. The van der Waals surface area contributed by atoms with Crippen molar-refractivity contribution in [3.05, 3.63) is 28.0 Å².